The lowest BCUT2D eigenvalue weighted by Gasteiger charge is -2.59. The Hall–Kier alpha value is -1.36. The molecule has 10 atom stereocenters. The largest absolute Gasteiger partial charge is 0.496 e. The molecule has 216 valence electrons. The fourth-order valence-electron chi connectivity index (χ4n) is 10.5. The predicted molar refractivity (Wildman–Crippen MR) is 155 cm³/mol. The van der Waals surface area contributed by atoms with Crippen LogP contribution < -0.4 is 4.74 Å². The molecule has 4 nitrogen and oxygen atoms in total. The minimum atomic E-state index is -0.457. The van der Waals surface area contributed by atoms with E-state index >= 15 is 0 Å². The molecule has 1 aliphatic heterocycles. The normalized spacial score (nSPS) is 42.0. The number of aliphatic hydroxyl groups is 1. The first-order chi connectivity index (χ1) is 18.6. The first-order valence-corrected chi connectivity index (χ1v) is 15.9. The van der Waals surface area contributed by atoms with Gasteiger partial charge in [-0.3, -0.25) is 0 Å². The molecule has 4 fully saturated rings. The maximum absolute atomic E-state index is 10.9. The quantitative estimate of drug-likeness (QED) is 0.357. The van der Waals surface area contributed by atoms with Crippen molar-refractivity contribution in [2.75, 3.05) is 7.11 Å². The van der Waals surface area contributed by atoms with Crippen LogP contribution in [-0.2, 0) is 9.47 Å². The topological polar surface area (TPSA) is 47.9 Å². The number of aliphatic hydroxyl groups excluding tert-OH is 1. The van der Waals surface area contributed by atoms with E-state index < -0.39 is 11.9 Å². The molecule has 0 spiro atoms. The van der Waals surface area contributed by atoms with Crippen LogP contribution in [-0.4, -0.2) is 30.2 Å². The molecule has 1 heterocycles. The monoisotopic (exact) mass is 536 g/mol. The molecule has 6 rings (SSSR count). The molecule has 4 aliphatic carbocycles. The summed E-state index contributed by atoms with van der Waals surface area (Å²) in [6.45, 7) is 11.9. The van der Waals surface area contributed by atoms with Crippen molar-refractivity contribution in [1.29, 1.82) is 0 Å². The Kier molecular flexibility index (Phi) is 7.25. The van der Waals surface area contributed by atoms with Crippen LogP contribution in [0.3, 0.4) is 0 Å². The van der Waals surface area contributed by atoms with Crippen molar-refractivity contribution in [1.82, 2.24) is 0 Å². The van der Waals surface area contributed by atoms with Crippen molar-refractivity contribution < 1.29 is 19.3 Å². The first-order valence-electron chi connectivity index (χ1n) is 15.9. The van der Waals surface area contributed by atoms with Crippen LogP contribution in [0.15, 0.2) is 35.9 Å². The van der Waals surface area contributed by atoms with Crippen LogP contribution in [0.25, 0.3) is 0 Å². The van der Waals surface area contributed by atoms with Crippen molar-refractivity contribution in [3.8, 4) is 5.75 Å². The minimum Gasteiger partial charge on any atom is -0.496 e. The second kappa shape index (κ2) is 10.2. The molecular weight excluding hydrogens is 484 g/mol. The van der Waals surface area contributed by atoms with Gasteiger partial charge in [-0.1, -0.05) is 57.9 Å². The lowest BCUT2D eigenvalue weighted by molar-refractivity contribution is -0.143. The fraction of sp³-hybridized carbons (Fsp3) is 0.771. The lowest BCUT2D eigenvalue weighted by Crippen LogP contribution is -2.53. The van der Waals surface area contributed by atoms with Gasteiger partial charge in [0.15, 0.2) is 5.79 Å². The molecule has 5 aliphatic rings. The van der Waals surface area contributed by atoms with Crippen LogP contribution in [0, 0.1) is 40.4 Å². The van der Waals surface area contributed by atoms with Crippen LogP contribution in [0.4, 0.5) is 0 Å². The Morgan fingerprint density at radius 3 is 2.56 bits per heavy atom. The molecule has 39 heavy (non-hydrogen) atoms. The Balaban J connectivity index is 1.11. The average molecular weight is 537 g/mol. The van der Waals surface area contributed by atoms with Gasteiger partial charge in [0.05, 0.1) is 19.3 Å². The van der Waals surface area contributed by atoms with Gasteiger partial charge in [0.1, 0.15) is 11.9 Å². The zero-order valence-corrected chi connectivity index (χ0v) is 25.2. The second-order valence-electron chi connectivity index (χ2n) is 14.7. The highest BCUT2D eigenvalue weighted by Gasteiger charge is 2.61. The lowest BCUT2D eigenvalue weighted by atomic mass is 9.46. The van der Waals surface area contributed by atoms with Gasteiger partial charge < -0.3 is 19.3 Å². The summed E-state index contributed by atoms with van der Waals surface area (Å²) in [6.07, 6.45) is 14.8. The SMILES string of the molecule is COc1ccccc1C(O)CCC[C@@H](C)[C@H]1CC[C@H]2[C@@H]3CC=C4[C@H]5OC(C)(C)O[C@H]5CC[C@]4(C)[C@H]3CC[C@]12C. The number of ether oxygens (including phenoxy) is 3. The van der Waals surface area contributed by atoms with Crippen molar-refractivity contribution >= 4 is 0 Å². The molecule has 3 saturated carbocycles. The van der Waals surface area contributed by atoms with E-state index in [0.717, 1.165) is 54.2 Å². The summed E-state index contributed by atoms with van der Waals surface area (Å²) in [5.74, 6) is 4.28. The molecular formula is C35H52O4. The molecule has 1 saturated heterocycles. The van der Waals surface area contributed by atoms with Gasteiger partial charge in [-0.25, -0.2) is 0 Å². The van der Waals surface area contributed by atoms with E-state index in [-0.39, 0.29) is 17.6 Å². The maximum Gasteiger partial charge on any atom is 0.164 e. The highest BCUT2D eigenvalue weighted by Crippen LogP contribution is 2.68. The number of methoxy groups -OCH3 is 1. The van der Waals surface area contributed by atoms with Crippen LogP contribution in [0.5, 0.6) is 5.75 Å². The summed E-state index contributed by atoms with van der Waals surface area (Å²) < 4.78 is 18.3. The molecule has 0 radical (unpaired) electrons. The summed E-state index contributed by atoms with van der Waals surface area (Å²) in [5, 5.41) is 10.9. The van der Waals surface area contributed by atoms with Gasteiger partial charge in [-0.15, -0.1) is 0 Å². The summed E-state index contributed by atoms with van der Waals surface area (Å²) in [5.41, 5.74) is 3.22. The Morgan fingerprint density at radius 2 is 1.77 bits per heavy atom. The van der Waals surface area contributed by atoms with Crippen molar-refractivity contribution in [2.45, 2.75) is 123 Å². The zero-order chi connectivity index (χ0) is 27.6. The molecule has 4 heteroatoms. The summed E-state index contributed by atoms with van der Waals surface area (Å²) in [4.78, 5) is 0. The predicted octanol–water partition coefficient (Wildman–Crippen LogP) is 8.24. The third-order valence-corrected chi connectivity index (χ3v) is 12.4. The van der Waals surface area contributed by atoms with Gasteiger partial charge in [-0.05, 0) is 117 Å². The highest BCUT2D eigenvalue weighted by atomic mass is 16.8. The minimum absolute atomic E-state index is 0.163. The molecule has 0 aromatic heterocycles. The van der Waals surface area contributed by atoms with Gasteiger partial charge in [0, 0.05) is 5.56 Å². The van der Waals surface area contributed by atoms with Crippen molar-refractivity contribution in [3.05, 3.63) is 41.5 Å². The van der Waals surface area contributed by atoms with Gasteiger partial charge in [0.2, 0.25) is 0 Å². The molecule has 1 aromatic rings. The molecule has 0 amide bonds. The zero-order valence-electron chi connectivity index (χ0n) is 25.2. The molecule has 0 bridgehead atoms. The number of allylic oxidation sites excluding steroid dienone is 1. The standard InChI is InChI=1S/C35H52O4/c1-22(10-9-12-29(36)24-11-7-8-13-30(24)37-6)25-16-17-26-23-14-15-28-32-31(38-33(2,3)39-32)19-21-35(28,5)27(23)18-20-34(25,26)4/h7-8,11,13,15,22-23,25-27,29,31-32,36H,9-10,12,14,16-21H2,1-6H3/t22-,23+,25-,26+,27+,29?,31+,32-,34-,35-/m1/s1. The van der Waals surface area contributed by atoms with Gasteiger partial charge >= 0.3 is 0 Å². The van der Waals surface area contributed by atoms with Crippen molar-refractivity contribution in [2.24, 2.45) is 40.4 Å². The van der Waals surface area contributed by atoms with Crippen molar-refractivity contribution in [3.63, 3.8) is 0 Å². The molecule has 1 aromatic carbocycles. The third-order valence-electron chi connectivity index (χ3n) is 12.4. The number of benzene rings is 1. The first kappa shape index (κ1) is 27.8. The van der Waals surface area contributed by atoms with E-state index in [0.29, 0.717) is 11.3 Å². The Morgan fingerprint density at radius 1 is 0.974 bits per heavy atom. The molecule has 1 unspecified atom stereocenters. The van der Waals surface area contributed by atoms with E-state index in [1.807, 2.05) is 24.3 Å². The Bertz CT molecular complexity index is 1080. The summed E-state index contributed by atoms with van der Waals surface area (Å²) in [7, 11) is 1.69. The number of fused-ring (bicyclic) bond motifs is 7. The average Bonchev–Trinajstić information content (AvgIpc) is 3.43. The second-order valence-corrected chi connectivity index (χ2v) is 14.7. The van der Waals surface area contributed by atoms with E-state index in [1.165, 1.54) is 44.9 Å². The van der Waals surface area contributed by atoms with Crippen LogP contribution in [0.1, 0.15) is 110 Å². The fourth-order valence-corrected chi connectivity index (χ4v) is 10.5. The van der Waals surface area contributed by atoms with E-state index in [9.17, 15) is 5.11 Å². The maximum atomic E-state index is 10.9. The number of hydrogen-bond donors (Lipinski definition) is 1. The summed E-state index contributed by atoms with van der Waals surface area (Å²) in [6, 6.07) is 7.90. The van der Waals surface area contributed by atoms with E-state index in [2.05, 4.69) is 40.7 Å². The number of para-hydroxylation sites is 1. The van der Waals surface area contributed by atoms with E-state index in [1.54, 1.807) is 12.7 Å². The third kappa shape index (κ3) is 4.61. The van der Waals surface area contributed by atoms with Crippen LogP contribution >= 0.6 is 0 Å². The summed E-state index contributed by atoms with van der Waals surface area (Å²) >= 11 is 0. The molecule has 1 N–H and O–H groups in total. The van der Waals surface area contributed by atoms with Gasteiger partial charge in [-0.2, -0.15) is 0 Å². The Labute approximate surface area is 236 Å². The highest BCUT2D eigenvalue weighted by molar-refractivity contribution is 5.35. The van der Waals surface area contributed by atoms with E-state index in [4.69, 9.17) is 14.2 Å². The number of hydrogen-bond acceptors (Lipinski definition) is 4. The number of rotatable bonds is 7. The van der Waals surface area contributed by atoms with Crippen LogP contribution in [0.2, 0.25) is 0 Å². The van der Waals surface area contributed by atoms with Gasteiger partial charge in [0.25, 0.3) is 0 Å². The smallest absolute Gasteiger partial charge is 0.164 e.